The predicted molar refractivity (Wildman–Crippen MR) is 78.6 cm³/mol. The third kappa shape index (κ3) is 5.87. The van der Waals surface area contributed by atoms with Crippen LogP contribution in [0.4, 0.5) is 0 Å². The van der Waals surface area contributed by atoms with E-state index >= 15 is 0 Å². The Kier molecular flexibility index (Phi) is 6.49. The number of hydrogen-bond donors (Lipinski definition) is 1. The number of nitrogens with zero attached hydrogens (tertiary/aromatic N) is 1. The van der Waals surface area contributed by atoms with Gasteiger partial charge in [0.1, 0.15) is 0 Å². The van der Waals surface area contributed by atoms with E-state index in [1.54, 1.807) is 0 Å². The van der Waals surface area contributed by atoms with Gasteiger partial charge < -0.3 is 10.2 Å². The Balaban J connectivity index is 2.41. The van der Waals surface area contributed by atoms with Crippen LogP contribution in [-0.4, -0.2) is 31.6 Å². The normalized spacial score (nSPS) is 13.1. The topological polar surface area (TPSA) is 15.3 Å². The lowest BCUT2D eigenvalue weighted by molar-refractivity contribution is 0.365. The van der Waals surface area contributed by atoms with Gasteiger partial charge in [0.15, 0.2) is 0 Å². The number of nitrogens with one attached hydrogen (secondary N) is 1. The second kappa shape index (κ2) is 7.37. The van der Waals surface area contributed by atoms with Gasteiger partial charge >= 0.3 is 0 Å². The fourth-order valence-corrected chi connectivity index (χ4v) is 2.11. The van der Waals surface area contributed by atoms with Crippen molar-refractivity contribution in [1.29, 1.82) is 0 Å². The van der Waals surface area contributed by atoms with Gasteiger partial charge in [0.05, 0.1) is 0 Å². The zero-order valence-electron chi connectivity index (χ0n) is 10.6. The van der Waals surface area contributed by atoms with Crippen LogP contribution >= 0.6 is 27.5 Å². The molecule has 0 radical (unpaired) electrons. The van der Waals surface area contributed by atoms with Crippen molar-refractivity contribution >= 4 is 27.5 Å². The van der Waals surface area contributed by atoms with E-state index in [9.17, 15) is 0 Å². The fraction of sp³-hybridized carbons (Fsp3) is 0.538. The lowest BCUT2D eigenvalue weighted by Gasteiger charge is -2.17. The van der Waals surface area contributed by atoms with E-state index in [0.717, 1.165) is 34.6 Å². The summed E-state index contributed by atoms with van der Waals surface area (Å²) < 4.78 is 1.07. The average Bonchev–Trinajstić information content (AvgIpc) is 2.27. The van der Waals surface area contributed by atoms with Crippen molar-refractivity contribution in [2.45, 2.75) is 25.9 Å². The highest BCUT2D eigenvalue weighted by atomic mass is 79.9. The molecule has 96 valence electrons. The highest BCUT2D eigenvalue weighted by molar-refractivity contribution is 9.10. The van der Waals surface area contributed by atoms with Gasteiger partial charge in [-0.05, 0) is 57.7 Å². The Morgan fingerprint density at radius 3 is 2.76 bits per heavy atom. The molecule has 4 heteroatoms. The minimum atomic E-state index is 0.493. The Morgan fingerprint density at radius 2 is 2.12 bits per heavy atom. The van der Waals surface area contributed by atoms with Gasteiger partial charge in [0, 0.05) is 22.1 Å². The van der Waals surface area contributed by atoms with Gasteiger partial charge in [-0.1, -0.05) is 27.5 Å². The van der Waals surface area contributed by atoms with Crippen molar-refractivity contribution in [2.75, 3.05) is 20.6 Å². The first-order valence-electron chi connectivity index (χ1n) is 5.81. The molecule has 1 unspecified atom stereocenters. The monoisotopic (exact) mass is 318 g/mol. The van der Waals surface area contributed by atoms with Crippen molar-refractivity contribution in [2.24, 2.45) is 0 Å². The molecule has 0 bridgehead atoms. The van der Waals surface area contributed by atoms with Crippen LogP contribution < -0.4 is 5.32 Å². The molecule has 0 amide bonds. The molecule has 1 atom stereocenters. The van der Waals surface area contributed by atoms with Crippen LogP contribution in [0.15, 0.2) is 22.7 Å². The van der Waals surface area contributed by atoms with Gasteiger partial charge in [-0.2, -0.15) is 0 Å². The molecule has 0 aliphatic rings. The van der Waals surface area contributed by atoms with E-state index in [1.165, 1.54) is 0 Å². The van der Waals surface area contributed by atoms with E-state index in [4.69, 9.17) is 11.6 Å². The first-order valence-corrected chi connectivity index (χ1v) is 6.98. The molecule has 0 heterocycles. The molecule has 1 rings (SSSR count). The van der Waals surface area contributed by atoms with Gasteiger partial charge in [-0.25, -0.2) is 0 Å². The van der Waals surface area contributed by atoms with Crippen molar-refractivity contribution in [3.63, 3.8) is 0 Å². The van der Waals surface area contributed by atoms with E-state index in [2.05, 4.69) is 53.2 Å². The third-order valence-corrected chi connectivity index (χ3v) is 3.52. The highest BCUT2D eigenvalue weighted by Crippen LogP contribution is 2.20. The first kappa shape index (κ1) is 15.0. The summed E-state index contributed by atoms with van der Waals surface area (Å²) in [4.78, 5) is 2.20. The summed E-state index contributed by atoms with van der Waals surface area (Å²) in [6, 6.07) is 6.44. The highest BCUT2D eigenvalue weighted by Gasteiger charge is 2.05. The Labute approximate surface area is 117 Å². The lowest BCUT2D eigenvalue weighted by atomic mass is 10.2. The van der Waals surface area contributed by atoms with Gasteiger partial charge in [0.2, 0.25) is 0 Å². The van der Waals surface area contributed by atoms with E-state index in [0.29, 0.717) is 6.04 Å². The maximum atomic E-state index is 6.14. The van der Waals surface area contributed by atoms with Crippen LogP contribution in [0.25, 0.3) is 0 Å². The summed E-state index contributed by atoms with van der Waals surface area (Å²) in [6.07, 6.45) is 1.14. The molecule has 0 aliphatic heterocycles. The number of halogens is 2. The summed E-state index contributed by atoms with van der Waals surface area (Å²) in [5.41, 5.74) is 1.14. The van der Waals surface area contributed by atoms with Gasteiger partial charge in [0.25, 0.3) is 0 Å². The lowest BCUT2D eigenvalue weighted by Crippen LogP contribution is -2.29. The minimum absolute atomic E-state index is 0.493. The molecule has 0 saturated heterocycles. The summed E-state index contributed by atoms with van der Waals surface area (Å²) >= 11 is 9.60. The average molecular weight is 320 g/mol. The van der Waals surface area contributed by atoms with Crippen molar-refractivity contribution < 1.29 is 0 Å². The summed E-state index contributed by atoms with van der Waals surface area (Å²) in [5.74, 6) is 0. The van der Waals surface area contributed by atoms with Gasteiger partial charge in [-0.15, -0.1) is 0 Å². The van der Waals surface area contributed by atoms with Crippen LogP contribution in [0, 0.1) is 0 Å². The van der Waals surface area contributed by atoms with Crippen LogP contribution in [0.5, 0.6) is 0 Å². The first-order chi connectivity index (χ1) is 7.99. The minimum Gasteiger partial charge on any atom is -0.310 e. The zero-order chi connectivity index (χ0) is 12.8. The molecule has 0 spiro atoms. The zero-order valence-corrected chi connectivity index (χ0v) is 13.0. The second-order valence-electron chi connectivity index (χ2n) is 4.61. The Hall–Kier alpha value is -0.0900. The molecule has 0 saturated carbocycles. The molecule has 1 aromatic carbocycles. The summed E-state index contributed by atoms with van der Waals surface area (Å²) in [7, 11) is 4.19. The molecule has 0 aliphatic carbocycles. The van der Waals surface area contributed by atoms with Crippen LogP contribution in [0.2, 0.25) is 5.02 Å². The van der Waals surface area contributed by atoms with Crippen LogP contribution in [0.3, 0.4) is 0 Å². The molecular weight excluding hydrogens is 300 g/mol. The summed E-state index contributed by atoms with van der Waals surface area (Å²) in [5, 5.41) is 4.31. The third-order valence-electron chi connectivity index (χ3n) is 2.66. The smallest absolute Gasteiger partial charge is 0.0451 e. The number of rotatable bonds is 6. The Bertz CT molecular complexity index is 355. The molecule has 1 aromatic rings. The molecule has 0 aromatic heterocycles. The standard InChI is InChI=1S/C13H20BrClN2/c1-10(6-7-17(2)3)16-9-11-8-12(14)4-5-13(11)15/h4-5,8,10,16H,6-7,9H2,1-3H3. The van der Waals surface area contributed by atoms with E-state index in [-0.39, 0.29) is 0 Å². The van der Waals surface area contributed by atoms with Crippen molar-refractivity contribution in [1.82, 2.24) is 10.2 Å². The van der Waals surface area contributed by atoms with E-state index < -0.39 is 0 Å². The van der Waals surface area contributed by atoms with Crippen molar-refractivity contribution in [3.8, 4) is 0 Å². The molecule has 1 N–H and O–H groups in total. The predicted octanol–water partition coefficient (Wildman–Crippen LogP) is 3.53. The molecular formula is C13H20BrClN2. The largest absolute Gasteiger partial charge is 0.310 e. The maximum absolute atomic E-state index is 6.14. The molecule has 17 heavy (non-hydrogen) atoms. The SMILES string of the molecule is CC(CCN(C)C)NCc1cc(Br)ccc1Cl. The Morgan fingerprint density at radius 1 is 1.41 bits per heavy atom. The van der Waals surface area contributed by atoms with E-state index in [1.807, 2.05) is 12.1 Å². The quantitative estimate of drug-likeness (QED) is 0.863. The second-order valence-corrected chi connectivity index (χ2v) is 5.93. The number of benzene rings is 1. The molecule has 0 fully saturated rings. The van der Waals surface area contributed by atoms with Crippen molar-refractivity contribution in [3.05, 3.63) is 33.3 Å². The van der Waals surface area contributed by atoms with Crippen LogP contribution in [0.1, 0.15) is 18.9 Å². The summed E-state index contributed by atoms with van der Waals surface area (Å²) in [6.45, 7) is 4.11. The number of hydrogen-bond acceptors (Lipinski definition) is 2. The maximum Gasteiger partial charge on any atom is 0.0451 e. The molecule has 2 nitrogen and oxygen atoms in total. The fourth-order valence-electron chi connectivity index (χ4n) is 1.52. The van der Waals surface area contributed by atoms with Crippen LogP contribution in [-0.2, 0) is 6.54 Å². The van der Waals surface area contributed by atoms with Gasteiger partial charge in [-0.3, -0.25) is 0 Å².